The van der Waals surface area contributed by atoms with Crippen molar-refractivity contribution >= 4 is 34.9 Å². The summed E-state index contributed by atoms with van der Waals surface area (Å²) in [5, 5.41) is 7.64. The quantitative estimate of drug-likeness (QED) is 0.379. The molecule has 0 fully saturated rings. The number of anilines is 1. The highest BCUT2D eigenvalue weighted by Crippen LogP contribution is 2.22. The Morgan fingerprint density at radius 1 is 1.10 bits per heavy atom. The van der Waals surface area contributed by atoms with Gasteiger partial charge in [-0.1, -0.05) is 41.4 Å². The van der Waals surface area contributed by atoms with Gasteiger partial charge in [0.25, 0.3) is 5.91 Å². The average molecular weight is 460 g/mol. The smallest absolute Gasteiger partial charge is 0.292 e. The van der Waals surface area contributed by atoms with Crippen LogP contribution < -0.4 is 10.1 Å². The molecule has 9 heteroatoms. The van der Waals surface area contributed by atoms with E-state index in [2.05, 4.69) is 10.4 Å². The van der Waals surface area contributed by atoms with Crippen molar-refractivity contribution in [2.24, 2.45) is 0 Å². The molecule has 0 atom stereocenters. The van der Waals surface area contributed by atoms with E-state index in [4.69, 9.17) is 32.4 Å². The second kappa shape index (κ2) is 9.24. The molecule has 0 bridgehead atoms. The van der Waals surface area contributed by atoms with Gasteiger partial charge in [0.2, 0.25) is 0 Å². The summed E-state index contributed by atoms with van der Waals surface area (Å²) < 4.78 is 26.4. The molecular weight excluding hydrogens is 444 g/mol. The van der Waals surface area contributed by atoms with Gasteiger partial charge in [0, 0.05) is 16.8 Å². The van der Waals surface area contributed by atoms with Gasteiger partial charge in [-0.15, -0.1) is 0 Å². The van der Waals surface area contributed by atoms with Crippen LogP contribution in [0.1, 0.15) is 21.9 Å². The van der Waals surface area contributed by atoms with Gasteiger partial charge in [-0.2, -0.15) is 5.10 Å². The second-order valence-electron chi connectivity index (χ2n) is 6.58. The number of carbonyl (C=O) groups is 1. The minimum atomic E-state index is -0.518. The van der Waals surface area contributed by atoms with E-state index in [-0.39, 0.29) is 35.6 Å². The minimum absolute atomic E-state index is 0.0782. The number of nitrogens with zero attached hydrogens (tertiary/aromatic N) is 2. The summed E-state index contributed by atoms with van der Waals surface area (Å²) in [7, 11) is 0. The predicted octanol–water partition coefficient (Wildman–Crippen LogP) is 5.80. The number of hydrogen-bond donors (Lipinski definition) is 1. The fourth-order valence-electron chi connectivity index (χ4n) is 2.80. The van der Waals surface area contributed by atoms with Crippen molar-refractivity contribution < 1.29 is 18.3 Å². The molecule has 2 aromatic heterocycles. The SMILES string of the molecule is O=C(Nc1nn(Cc2ccccc2F)cc1Cl)c1ccc(COc2ccc(Cl)cc2)o1. The Morgan fingerprint density at radius 2 is 1.87 bits per heavy atom. The number of ether oxygens (including phenoxy) is 1. The zero-order chi connectivity index (χ0) is 21.8. The van der Waals surface area contributed by atoms with Crippen molar-refractivity contribution in [3.63, 3.8) is 0 Å². The molecule has 0 spiro atoms. The van der Waals surface area contributed by atoms with E-state index in [9.17, 15) is 9.18 Å². The molecule has 0 unspecified atom stereocenters. The fourth-order valence-corrected chi connectivity index (χ4v) is 3.12. The van der Waals surface area contributed by atoms with E-state index in [1.807, 2.05) is 0 Å². The molecule has 1 N–H and O–H groups in total. The van der Waals surface area contributed by atoms with Crippen LogP contribution in [0.25, 0.3) is 0 Å². The van der Waals surface area contributed by atoms with Crippen LogP contribution in [0.15, 0.2) is 71.3 Å². The number of furan rings is 1. The number of rotatable bonds is 7. The molecule has 0 aliphatic heterocycles. The summed E-state index contributed by atoms with van der Waals surface area (Å²) >= 11 is 12.0. The Balaban J connectivity index is 1.38. The van der Waals surface area contributed by atoms with Crippen LogP contribution in [0.4, 0.5) is 10.2 Å². The van der Waals surface area contributed by atoms with Gasteiger partial charge in [-0.05, 0) is 42.5 Å². The summed E-state index contributed by atoms with van der Waals surface area (Å²) in [6.45, 7) is 0.322. The minimum Gasteiger partial charge on any atom is -0.486 e. The Kier molecular flexibility index (Phi) is 6.25. The molecule has 0 aliphatic carbocycles. The summed E-state index contributed by atoms with van der Waals surface area (Å²) in [5.41, 5.74) is 0.455. The molecule has 1 amide bonds. The van der Waals surface area contributed by atoms with Gasteiger partial charge in [0.15, 0.2) is 11.6 Å². The lowest BCUT2D eigenvalue weighted by Gasteiger charge is -2.04. The summed E-state index contributed by atoms with van der Waals surface area (Å²) in [6, 6.07) is 16.4. The van der Waals surface area contributed by atoms with E-state index in [0.29, 0.717) is 22.1 Å². The van der Waals surface area contributed by atoms with Crippen molar-refractivity contribution in [1.82, 2.24) is 9.78 Å². The van der Waals surface area contributed by atoms with Crippen molar-refractivity contribution in [1.29, 1.82) is 0 Å². The Hall–Kier alpha value is -3.29. The lowest BCUT2D eigenvalue weighted by molar-refractivity contribution is 0.0992. The van der Waals surface area contributed by atoms with Gasteiger partial charge >= 0.3 is 0 Å². The van der Waals surface area contributed by atoms with Gasteiger partial charge in [0.05, 0.1) is 6.54 Å². The molecule has 2 heterocycles. The Labute approximate surface area is 187 Å². The van der Waals surface area contributed by atoms with Crippen molar-refractivity contribution in [2.45, 2.75) is 13.2 Å². The standard InChI is InChI=1S/C22H16Cl2FN3O3/c23-15-5-7-16(8-6-15)30-13-17-9-10-20(31-17)22(29)26-21-18(24)12-28(27-21)11-14-3-1-2-4-19(14)25/h1-10,12H,11,13H2,(H,26,27,29). The number of nitrogens with one attached hydrogen (secondary N) is 1. The molecule has 0 radical (unpaired) electrons. The Morgan fingerprint density at radius 3 is 2.65 bits per heavy atom. The second-order valence-corrected chi connectivity index (χ2v) is 7.42. The molecule has 0 saturated carbocycles. The van der Waals surface area contributed by atoms with Gasteiger partial charge in [-0.25, -0.2) is 4.39 Å². The fraction of sp³-hybridized carbons (Fsp3) is 0.0909. The maximum absolute atomic E-state index is 13.8. The highest BCUT2D eigenvalue weighted by molar-refractivity contribution is 6.33. The summed E-state index contributed by atoms with van der Waals surface area (Å²) in [4.78, 5) is 12.5. The van der Waals surface area contributed by atoms with Gasteiger partial charge in [-0.3, -0.25) is 9.48 Å². The number of hydrogen-bond acceptors (Lipinski definition) is 4. The molecule has 158 valence electrons. The Bertz CT molecular complexity index is 1200. The number of carbonyl (C=O) groups excluding carboxylic acids is 1. The number of halogens is 3. The van der Waals surface area contributed by atoms with E-state index >= 15 is 0 Å². The van der Waals surface area contributed by atoms with Crippen LogP contribution in [0.2, 0.25) is 10.0 Å². The van der Waals surface area contributed by atoms with Crippen LogP contribution in [-0.2, 0) is 13.2 Å². The first kappa shape index (κ1) is 21.0. The molecule has 4 rings (SSSR count). The third-order valence-electron chi connectivity index (χ3n) is 4.32. The lowest BCUT2D eigenvalue weighted by Crippen LogP contribution is -2.12. The van der Waals surface area contributed by atoms with Crippen LogP contribution in [0.3, 0.4) is 0 Å². The van der Waals surface area contributed by atoms with Crippen LogP contribution in [0, 0.1) is 5.82 Å². The van der Waals surface area contributed by atoms with E-state index < -0.39 is 5.91 Å². The van der Waals surface area contributed by atoms with Crippen LogP contribution >= 0.6 is 23.2 Å². The highest BCUT2D eigenvalue weighted by Gasteiger charge is 2.16. The first-order valence-electron chi connectivity index (χ1n) is 9.23. The number of amides is 1. The van der Waals surface area contributed by atoms with Crippen molar-refractivity contribution in [3.05, 3.63) is 99.8 Å². The molecule has 4 aromatic rings. The topological polar surface area (TPSA) is 69.3 Å². The van der Waals surface area contributed by atoms with Crippen molar-refractivity contribution in [2.75, 3.05) is 5.32 Å². The molecule has 0 aliphatic rings. The van der Waals surface area contributed by atoms with E-state index in [1.165, 1.54) is 23.0 Å². The summed E-state index contributed by atoms with van der Waals surface area (Å²) in [5.74, 6) is 0.461. The van der Waals surface area contributed by atoms with Gasteiger partial charge in [0.1, 0.15) is 29.0 Å². The zero-order valence-electron chi connectivity index (χ0n) is 16.0. The third kappa shape index (κ3) is 5.25. The normalized spacial score (nSPS) is 10.8. The van der Waals surface area contributed by atoms with Crippen molar-refractivity contribution in [3.8, 4) is 5.75 Å². The van der Waals surface area contributed by atoms with Crippen LogP contribution in [0.5, 0.6) is 5.75 Å². The molecular formula is C22H16Cl2FN3O3. The third-order valence-corrected chi connectivity index (χ3v) is 4.85. The maximum atomic E-state index is 13.8. The highest BCUT2D eigenvalue weighted by atomic mass is 35.5. The lowest BCUT2D eigenvalue weighted by atomic mass is 10.2. The number of benzene rings is 2. The van der Waals surface area contributed by atoms with E-state index in [0.717, 1.165) is 0 Å². The first-order chi connectivity index (χ1) is 15.0. The largest absolute Gasteiger partial charge is 0.486 e. The predicted molar refractivity (Wildman–Crippen MR) is 115 cm³/mol. The monoisotopic (exact) mass is 459 g/mol. The molecule has 31 heavy (non-hydrogen) atoms. The van der Waals surface area contributed by atoms with Gasteiger partial charge < -0.3 is 14.5 Å². The summed E-state index contributed by atoms with van der Waals surface area (Å²) in [6.07, 6.45) is 1.51. The van der Waals surface area contributed by atoms with Crippen LogP contribution in [-0.4, -0.2) is 15.7 Å². The first-order valence-corrected chi connectivity index (χ1v) is 9.98. The maximum Gasteiger partial charge on any atom is 0.292 e. The number of aromatic nitrogens is 2. The molecule has 0 saturated heterocycles. The zero-order valence-corrected chi connectivity index (χ0v) is 17.5. The molecule has 2 aromatic carbocycles. The molecule has 6 nitrogen and oxygen atoms in total. The van der Waals surface area contributed by atoms with E-state index in [1.54, 1.807) is 48.5 Å². The average Bonchev–Trinajstić information content (AvgIpc) is 3.36.